The first-order valence-corrected chi connectivity index (χ1v) is 13.2. The number of nitrogens with zero attached hydrogens (tertiary/aromatic N) is 7. The molecule has 1 N–H and O–H groups in total. The molecule has 9 nitrogen and oxygen atoms in total. The Labute approximate surface area is 221 Å². The third-order valence-electron chi connectivity index (χ3n) is 7.49. The molecule has 5 aromatic rings. The number of fused-ring (bicyclic) bond motifs is 2. The first-order chi connectivity index (χ1) is 18.6. The van der Waals surface area contributed by atoms with Gasteiger partial charge >= 0.3 is 0 Å². The van der Waals surface area contributed by atoms with E-state index in [2.05, 4.69) is 64.6 Å². The number of likely N-dealkylation sites (tertiary alicyclic amines) is 1. The Morgan fingerprint density at radius 1 is 1.05 bits per heavy atom. The van der Waals surface area contributed by atoms with Crippen LogP contribution in [0, 0.1) is 0 Å². The molecule has 0 aliphatic carbocycles. The molecule has 9 heteroatoms. The summed E-state index contributed by atoms with van der Waals surface area (Å²) in [6.07, 6.45) is 7.68. The van der Waals surface area contributed by atoms with Crippen LogP contribution >= 0.6 is 0 Å². The van der Waals surface area contributed by atoms with Gasteiger partial charge in [0.25, 0.3) is 5.56 Å². The zero-order valence-electron chi connectivity index (χ0n) is 21.8. The number of hydrogen-bond donors (Lipinski definition) is 1. The summed E-state index contributed by atoms with van der Waals surface area (Å²) in [6, 6.07) is 14.5. The van der Waals surface area contributed by atoms with Gasteiger partial charge in [0.05, 0.1) is 6.54 Å². The molecule has 0 spiro atoms. The fourth-order valence-electron chi connectivity index (χ4n) is 5.34. The van der Waals surface area contributed by atoms with Crippen molar-refractivity contribution in [1.82, 2.24) is 33.8 Å². The topological polar surface area (TPSA) is 85.8 Å². The van der Waals surface area contributed by atoms with Gasteiger partial charge in [0.2, 0.25) is 5.95 Å². The average Bonchev–Trinajstić information content (AvgIpc) is 3.47. The Balaban J connectivity index is 1.37. The second-order valence-corrected chi connectivity index (χ2v) is 9.93. The lowest BCUT2D eigenvalue weighted by Gasteiger charge is -2.29. The molecule has 1 aromatic carbocycles. The lowest BCUT2D eigenvalue weighted by Crippen LogP contribution is -2.29. The highest BCUT2D eigenvalue weighted by Crippen LogP contribution is 2.29. The Morgan fingerprint density at radius 2 is 1.84 bits per heavy atom. The zero-order chi connectivity index (χ0) is 26.2. The molecule has 194 valence electrons. The largest absolute Gasteiger partial charge is 0.333 e. The average molecular weight is 509 g/mol. The highest BCUT2D eigenvalue weighted by molar-refractivity contribution is 5.80. The van der Waals surface area contributed by atoms with E-state index in [1.165, 1.54) is 18.4 Å². The number of piperidine rings is 1. The predicted octanol–water partition coefficient (Wildman–Crippen LogP) is 4.69. The number of aryl methyl sites for hydroxylation is 1. The molecular formula is C29H32N8O. The first-order valence-electron chi connectivity index (χ1n) is 13.2. The molecule has 6 rings (SSSR count). The van der Waals surface area contributed by atoms with E-state index in [1.807, 2.05) is 24.4 Å². The minimum absolute atomic E-state index is 0.179. The molecule has 1 aliphatic rings. The van der Waals surface area contributed by atoms with E-state index >= 15 is 0 Å². The summed E-state index contributed by atoms with van der Waals surface area (Å²) in [6.45, 7) is 9.32. The Bertz CT molecular complexity index is 1670. The van der Waals surface area contributed by atoms with Crippen molar-refractivity contribution >= 4 is 33.7 Å². The van der Waals surface area contributed by atoms with E-state index in [4.69, 9.17) is 9.97 Å². The predicted molar refractivity (Wildman–Crippen MR) is 151 cm³/mol. The number of allylic oxidation sites excluding steroid dienone is 1. The van der Waals surface area contributed by atoms with Crippen molar-refractivity contribution in [2.45, 2.75) is 38.8 Å². The first kappa shape index (κ1) is 24.1. The molecule has 4 aromatic heterocycles. The second kappa shape index (κ2) is 9.90. The number of aromatic nitrogens is 6. The van der Waals surface area contributed by atoms with E-state index in [0.29, 0.717) is 35.3 Å². The van der Waals surface area contributed by atoms with E-state index in [9.17, 15) is 4.79 Å². The van der Waals surface area contributed by atoms with Crippen LogP contribution in [-0.2, 0) is 13.1 Å². The number of rotatable bonds is 7. The van der Waals surface area contributed by atoms with Crippen LogP contribution in [0.2, 0.25) is 0 Å². The fourth-order valence-corrected chi connectivity index (χ4v) is 5.34. The van der Waals surface area contributed by atoms with Crippen LogP contribution in [0.4, 0.5) is 11.6 Å². The summed E-state index contributed by atoms with van der Waals surface area (Å²) in [5.41, 5.74) is 3.46. The van der Waals surface area contributed by atoms with Gasteiger partial charge in [-0.2, -0.15) is 4.98 Å². The van der Waals surface area contributed by atoms with Gasteiger partial charge in [0.1, 0.15) is 11.0 Å². The summed E-state index contributed by atoms with van der Waals surface area (Å²) in [5.74, 6) is 1.64. The van der Waals surface area contributed by atoms with Crippen LogP contribution in [0.25, 0.3) is 27.9 Å². The van der Waals surface area contributed by atoms with Gasteiger partial charge in [0, 0.05) is 30.0 Å². The van der Waals surface area contributed by atoms with Gasteiger partial charge in [-0.1, -0.05) is 18.2 Å². The maximum atomic E-state index is 13.3. The molecular weight excluding hydrogens is 476 g/mol. The second-order valence-electron chi connectivity index (χ2n) is 9.93. The van der Waals surface area contributed by atoms with Gasteiger partial charge in [-0.3, -0.25) is 4.79 Å². The van der Waals surface area contributed by atoms with Gasteiger partial charge in [0.15, 0.2) is 11.5 Å². The molecule has 0 saturated carbocycles. The molecule has 1 saturated heterocycles. The number of pyridine rings is 1. The lowest BCUT2D eigenvalue weighted by atomic mass is 9.89. The molecule has 1 aliphatic heterocycles. The molecule has 1 fully saturated rings. The number of anilines is 2. The Hall–Kier alpha value is -4.24. The van der Waals surface area contributed by atoms with Crippen molar-refractivity contribution in [2.24, 2.45) is 0 Å². The molecule has 38 heavy (non-hydrogen) atoms. The van der Waals surface area contributed by atoms with Crippen LogP contribution in [0.3, 0.4) is 0 Å². The number of hydrogen-bond acceptors (Lipinski definition) is 6. The summed E-state index contributed by atoms with van der Waals surface area (Å²) in [7, 11) is 2.18. The van der Waals surface area contributed by atoms with Crippen LogP contribution in [-0.4, -0.2) is 53.9 Å². The van der Waals surface area contributed by atoms with Gasteiger partial charge in [-0.15, -0.1) is 6.58 Å². The van der Waals surface area contributed by atoms with Crippen molar-refractivity contribution in [1.29, 1.82) is 0 Å². The Morgan fingerprint density at radius 3 is 2.58 bits per heavy atom. The minimum atomic E-state index is -0.179. The quantitative estimate of drug-likeness (QED) is 0.321. The van der Waals surface area contributed by atoms with Crippen LogP contribution < -0.4 is 10.9 Å². The van der Waals surface area contributed by atoms with E-state index in [0.717, 1.165) is 36.4 Å². The van der Waals surface area contributed by atoms with Crippen molar-refractivity contribution in [2.75, 3.05) is 25.5 Å². The molecule has 0 unspecified atom stereocenters. The van der Waals surface area contributed by atoms with E-state index in [-0.39, 0.29) is 5.56 Å². The molecule has 0 atom stereocenters. The molecule has 5 heterocycles. The van der Waals surface area contributed by atoms with Crippen LogP contribution in [0.5, 0.6) is 0 Å². The van der Waals surface area contributed by atoms with E-state index in [1.54, 1.807) is 21.6 Å². The van der Waals surface area contributed by atoms with Crippen LogP contribution in [0.15, 0.2) is 72.3 Å². The van der Waals surface area contributed by atoms with Crippen molar-refractivity contribution < 1.29 is 0 Å². The van der Waals surface area contributed by atoms with Crippen molar-refractivity contribution in [3.63, 3.8) is 0 Å². The lowest BCUT2D eigenvalue weighted by molar-refractivity contribution is 0.255. The maximum Gasteiger partial charge on any atom is 0.278 e. The molecule has 0 bridgehead atoms. The third kappa shape index (κ3) is 4.28. The third-order valence-corrected chi connectivity index (χ3v) is 7.49. The molecule has 0 amide bonds. The highest BCUT2D eigenvalue weighted by Gasteiger charge is 2.20. The van der Waals surface area contributed by atoms with Gasteiger partial charge in [-0.05, 0) is 81.7 Å². The Kier molecular flexibility index (Phi) is 6.29. The van der Waals surface area contributed by atoms with E-state index < -0.39 is 0 Å². The van der Waals surface area contributed by atoms with Gasteiger partial charge in [-0.25, -0.2) is 19.3 Å². The summed E-state index contributed by atoms with van der Waals surface area (Å²) in [4.78, 5) is 29.8. The van der Waals surface area contributed by atoms with Crippen LogP contribution in [0.1, 0.15) is 31.2 Å². The fraction of sp³-hybridized carbons (Fsp3) is 0.310. The summed E-state index contributed by atoms with van der Waals surface area (Å²) in [5, 5.41) is 4.80. The van der Waals surface area contributed by atoms with Crippen molar-refractivity contribution in [3.05, 3.63) is 83.4 Å². The monoisotopic (exact) mass is 508 g/mol. The maximum absolute atomic E-state index is 13.3. The van der Waals surface area contributed by atoms with Crippen molar-refractivity contribution in [3.8, 4) is 5.82 Å². The summed E-state index contributed by atoms with van der Waals surface area (Å²) >= 11 is 0. The minimum Gasteiger partial charge on any atom is -0.333 e. The number of nitrogens with one attached hydrogen (secondary N) is 1. The SMILES string of the molecule is C=CCn1c(=O)c2cnc(Nc3ccc(C4CCN(C)CC4)cc3)nc2n1-c1ccc2ccn(CC)c2n1. The van der Waals surface area contributed by atoms with Gasteiger partial charge < -0.3 is 14.8 Å². The smallest absolute Gasteiger partial charge is 0.278 e. The standard InChI is InChI=1S/C29H32N8O/c1-4-15-36-28(38)24-19-30-29(31-23-9-6-20(7-10-23)21-12-16-34(3)17-13-21)33-27(24)37(36)25-11-8-22-14-18-35(5-2)26(22)32-25/h4,6-11,14,18-19,21H,1,5,12-13,15-17H2,2-3H3,(H,30,31,33). The number of benzene rings is 1. The highest BCUT2D eigenvalue weighted by atomic mass is 16.1. The summed E-state index contributed by atoms with van der Waals surface area (Å²) < 4.78 is 5.44. The zero-order valence-corrected chi connectivity index (χ0v) is 21.8. The normalized spacial score (nSPS) is 14.9. The molecule has 0 radical (unpaired) electrons.